The lowest BCUT2D eigenvalue weighted by Crippen LogP contribution is -2.42. The zero-order valence-electron chi connectivity index (χ0n) is 18.3. The predicted octanol–water partition coefficient (Wildman–Crippen LogP) is 3.84. The average Bonchev–Trinajstić information content (AvgIpc) is 3.12. The first-order valence-corrected chi connectivity index (χ1v) is 11.7. The van der Waals surface area contributed by atoms with Crippen LogP contribution < -0.4 is 10.2 Å². The number of alkyl carbamates (subject to hydrolysis) is 1. The minimum atomic E-state index is -0.292. The molecule has 2 aliphatic heterocycles. The van der Waals surface area contributed by atoms with Crippen molar-refractivity contribution in [2.24, 2.45) is 5.92 Å². The Kier molecular flexibility index (Phi) is 5.94. The molecule has 1 aromatic carbocycles. The summed E-state index contributed by atoms with van der Waals surface area (Å²) >= 11 is 0. The predicted molar refractivity (Wildman–Crippen MR) is 119 cm³/mol. The van der Waals surface area contributed by atoms with E-state index in [1.54, 1.807) is 12.4 Å². The van der Waals surface area contributed by atoms with Gasteiger partial charge in [0.15, 0.2) is 0 Å². The number of carbonyl (C=O) groups excluding carboxylic acids is 1. The van der Waals surface area contributed by atoms with Crippen LogP contribution in [0.3, 0.4) is 0 Å². The summed E-state index contributed by atoms with van der Waals surface area (Å²) in [5.74, 6) is 0.599. The van der Waals surface area contributed by atoms with Crippen LogP contribution >= 0.6 is 0 Å². The number of fused-ring (bicyclic) bond motifs is 3. The lowest BCUT2D eigenvalue weighted by Gasteiger charge is -2.34. The van der Waals surface area contributed by atoms with E-state index in [0.717, 1.165) is 56.2 Å². The second kappa shape index (κ2) is 8.99. The second-order valence-electron chi connectivity index (χ2n) is 9.18. The number of benzene rings is 1. The summed E-state index contributed by atoms with van der Waals surface area (Å²) in [5, 5.41) is 3.00. The molecule has 3 aliphatic rings. The fourth-order valence-electron chi connectivity index (χ4n) is 5.46. The number of amides is 1. The van der Waals surface area contributed by atoms with Crippen LogP contribution in [-0.2, 0) is 15.9 Å². The standard InChI is InChI=1S/C24H32N4O3/c1-2-30-24(29)27-18-5-3-16(4-6-18)11-17-12-19(13-22-23(17)26-10-9-25-22)28-14-20-7-8-21(15-28)31-20/h9-10,12-13,16,18,20-21H,2-8,11,14-15H2,1H3,(H,27,29). The first-order chi connectivity index (χ1) is 15.2. The Bertz CT molecular complexity index is 916. The number of hydrogen-bond donors (Lipinski definition) is 1. The van der Waals surface area contributed by atoms with E-state index in [1.165, 1.54) is 24.1 Å². The number of rotatable bonds is 5. The fourth-order valence-corrected chi connectivity index (χ4v) is 5.46. The minimum absolute atomic E-state index is 0.224. The highest BCUT2D eigenvalue weighted by Gasteiger charge is 2.34. The van der Waals surface area contributed by atoms with Gasteiger partial charge in [0.2, 0.25) is 0 Å². The molecule has 2 unspecified atom stereocenters. The number of aromatic nitrogens is 2. The van der Waals surface area contributed by atoms with Crippen LogP contribution in [0.5, 0.6) is 0 Å². The Labute approximate surface area is 183 Å². The maximum absolute atomic E-state index is 11.7. The molecule has 3 heterocycles. The highest BCUT2D eigenvalue weighted by Crippen LogP contribution is 2.34. The molecular formula is C24H32N4O3. The van der Waals surface area contributed by atoms with E-state index in [-0.39, 0.29) is 12.1 Å². The van der Waals surface area contributed by atoms with Gasteiger partial charge in [-0.05, 0) is 75.5 Å². The first kappa shape index (κ1) is 20.5. The highest BCUT2D eigenvalue weighted by atomic mass is 16.5. The molecule has 1 saturated carbocycles. The molecule has 1 aliphatic carbocycles. The van der Waals surface area contributed by atoms with Gasteiger partial charge in [0.05, 0.1) is 29.8 Å². The van der Waals surface area contributed by atoms with Crippen LogP contribution in [0.25, 0.3) is 11.0 Å². The van der Waals surface area contributed by atoms with E-state index >= 15 is 0 Å². The fraction of sp³-hybridized carbons (Fsp3) is 0.625. The van der Waals surface area contributed by atoms with Crippen molar-refractivity contribution in [2.75, 3.05) is 24.6 Å². The molecule has 2 saturated heterocycles. The van der Waals surface area contributed by atoms with Crippen LogP contribution in [0.4, 0.5) is 10.5 Å². The van der Waals surface area contributed by atoms with E-state index in [0.29, 0.717) is 24.7 Å². The van der Waals surface area contributed by atoms with Crippen molar-refractivity contribution in [3.63, 3.8) is 0 Å². The third-order valence-corrected chi connectivity index (χ3v) is 7.00. The SMILES string of the molecule is CCOC(=O)NC1CCC(Cc2cc(N3CC4CCC(C3)O4)cc3nccnc23)CC1. The van der Waals surface area contributed by atoms with Crippen molar-refractivity contribution >= 4 is 22.8 Å². The summed E-state index contributed by atoms with van der Waals surface area (Å²) in [5.41, 5.74) is 4.54. The van der Waals surface area contributed by atoms with Gasteiger partial charge in [0.25, 0.3) is 0 Å². The lowest BCUT2D eigenvalue weighted by atomic mass is 9.82. The number of ether oxygens (including phenoxy) is 2. The molecule has 0 spiro atoms. The van der Waals surface area contributed by atoms with E-state index in [1.807, 2.05) is 6.92 Å². The van der Waals surface area contributed by atoms with Crippen molar-refractivity contribution < 1.29 is 14.3 Å². The van der Waals surface area contributed by atoms with Crippen LogP contribution in [-0.4, -0.2) is 54.0 Å². The molecule has 5 rings (SSSR count). The van der Waals surface area contributed by atoms with Gasteiger partial charge in [0, 0.05) is 37.2 Å². The molecule has 7 heteroatoms. The summed E-state index contributed by atoms with van der Waals surface area (Å²) in [4.78, 5) is 23.5. The van der Waals surface area contributed by atoms with Crippen molar-refractivity contribution in [2.45, 2.75) is 70.1 Å². The summed E-state index contributed by atoms with van der Waals surface area (Å²) in [6.07, 6.45) is 11.6. The molecule has 1 N–H and O–H groups in total. The van der Waals surface area contributed by atoms with Gasteiger partial charge in [0.1, 0.15) is 0 Å². The highest BCUT2D eigenvalue weighted by molar-refractivity contribution is 5.82. The molecule has 2 aromatic rings. The Balaban J connectivity index is 1.30. The Morgan fingerprint density at radius 1 is 1.10 bits per heavy atom. The molecule has 166 valence electrons. The van der Waals surface area contributed by atoms with Crippen LogP contribution in [0.2, 0.25) is 0 Å². The van der Waals surface area contributed by atoms with Crippen LogP contribution in [0, 0.1) is 5.92 Å². The van der Waals surface area contributed by atoms with Crippen molar-refractivity contribution in [3.8, 4) is 0 Å². The molecule has 7 nitrogen and oxygen atoms in total. The monoisotopic (exact) mass is 424 g/mol. The average molecular weight is 425 g/mol. The summed E-state index contributed by atoms with van der Waals surface area (Å²) in [7, 11) is 0. The molecule has 3 fully saturated rings. The van der Waals surface area contributed by atoms with Gasteiger partial charge in [-0.25, -0.2) is 4.79 Å². The maximum atomic E-state index is 11.7. The normalized spacial score (nSPS) is 28.0. The molecule has 1 aromatic heterocycles. The van der Waals surface area contributed by atoms with E-state index < -0.39 is 0 Å². The number of anilines is 1. The number of hydrogen-bond acceptors (Lipinski definition) is 6. The molecule has 31 heavy (non-hydrogen) atoms. The number of carbonyl (C=O) groups is 1. The lowest BCUT2D eigenvalue weighted by molar-refractivity contribution is 0.0305. The number of morpholine rings is 1. The molecule has 2 bridgehead atoms. The zero-order valence-corrected chi connectivity index (χ0v) is 18.3. The molecule has 0 radical (unpaired) electrons. The summed E-state index contributed by atoms with van der Waals surface area (Å²) in [6, 6.07) is 4.75. The van der Waals surface area contributed by atoms with Gasteiger partial charge in [-0.3, -0.25) is 9.97 Å². The topological polar surface area (TPSA) is 76.6 Å². The van der Waals surface area contributed by atoms with Crippen molar-refractivity contribution in [3.05, 3.63) is 30.1 Å². The molecule has 2 atom stereocenters. The van der Waals surface area contributed by atoms with Gasteiger partial charge < -0.3 is 19.7 Å². The second-order valence-corrected chi connectivity index (χ2v) is 9.18. The van der Waals surface area contributed by atoms with E-state index in [2.05, 4.69) is 32.3 Å². The Hall–Kier alpha value is -2.41. The smallest absolute Gasteiger partial charge is 0.407 e. The van der Waals surface area contributed by atoms with Gasteiger partial charge in [-0.2, -0.15) is 0 Å². The van der Waals surface area contributed by atoms with E-state index in [4.69, 9.17) is 9.47 Å². The largest absolute Gasteiger partial charge is 0.450 e. The Morgan fingerprint density at radius 2 is 1.84 bits per heavy atom. The maximum Gasteiger partial charge on any atom is 0.407 e. The summed E-state index contributed by atoms with van der Waals surface area (Å²) in [6.45, 7) is 4.18. The number of nitrogens with one attached hydrogen (secondary N) is 1. The van der Waals surface area contributed by atoms with Crippen LogP contribution in [0.15, 0.2) is 24.5 Å². The zero-order chi connectivity index (χ0) is 21.2. The molecular weight excluding hydrogens is 392 g/mol. The molecule has 1 amide bonds. The van der Waals surface area contributed by atoms with E-state index in [9.17, 15) is 4.79 Å². The third-order valence-electron chi connectivity index (χ3n) is 7.00. The third kappa shape index (κ3) is 4.61. The van der Waals surface area contributed by atoms with Gasteiger partial charge in [-0.15, -0.1) is 0 Å². The summed E-state index contributed by atoms with van der Waals surface area (Å²) < 4.78 is 11.1. The Morgan fingerprint density at radius 3 is 2.58 bits per heavy atom. The quantitative estimate of drug-likeness (QED) is 0.786. The van der Waals surface area contributed by atoms with Gasteiger partial charge >= 0.3 is 6.09 Å². The first-order valence-electron chi connectivity index (χ1n) is 11.7. The number of nitrogens with zero attached hydrogens (tertiary/aromatic N) is 3. The van der Waals surface area contributed by atoms with Gasteiger partial charge in [-0.1, -0.05) is 0 Å². The van der Waals surface area contributed by atoms with Crippen molar-refractivity contribution in [1.29, 1.82) is 0 Å². The van der Waals surface area contributed by atoms with Crippen LogP contribution in [0.1, 0.15) is 51.0 Å². The van der Waals surface area contributed by atoms with Crippen molar-refractivity contribution in [1.82, 2.24) is 15.3 Å². The minimum Gasteiger partial charge on any atom is -0.450 e.